The maximum Gasteiger partial charge on any atom is 0.000792 e. The van der Waals surface area contributed by atoms with Gasteiger partial charge in [-0.1, -0.05) is 12.8 Å². The first-order valence-corrected chi connectivity index (χ1v) is 4.94. The molecule has 1 unspecified atom stereocenters. The van der Waals surface area contributed by atoms with Crippen molar-refractivity contribution < 1.29 is 0 Å². The summed E-state index contributed by atoms with van der Waals surface area (Å²) in [7, 11) is 0. The monoisotopic (exact) mass is 152 g/mol. The van der Waals surface area contributed by atoms with Gasteiger partial charge >= 0.3 is 0 Å². The predicted octanol–water partition coefficient (Wildman–Crippen LogP) is 2.13. The van der Waals surface area contributed by atoms with Gasteiger partial charge in [-0.3, -0.25) is 0 Å². The van der Waals surface area contributed by atoms with Gasteiger partial charge < -0.3 is 5.32 Å². The number of hydrogen-bond acceptors (Lipinski definition) is 1. The summed E-state index contributed by atoms with van der Waals surface area (Å²) in [5.74, 6) is 0. The zero-order valence-electron chi connectivity index (χ0n) is 7.23. The van der Waals surface area contributed by atoms with E-state index in [0.29, 0.717) is 5.41 Å². The van der Waals surface area contributed by atoms with Crippen molar-refractivity contribution in [2.45, 2.75) is 38.5 Å². The van der Waals surface area contributed by atoms with Crippen LogP contribution in [0.5, 0.6) is 0 Å². The Morgan fingerprint density at radius 1 is 1.18 bits per heavy atom. The Kier molecular flexibility index (Phi) is 2.17. The molecular formula is C10H18N. The van der Waals surface area contributed by atoms with Crippen LogP contribution in [0.25, 0.3) is 0 Å². The SMILES string of the molecule is [CH]1CCCC2(C1)CCCNC2. The van der Waals surface area contributed by atoms with Gasteiger partial charge in [0.25, 0.3) is 0 Å². The van der Waals surface area contributed by atoms with E-state index in [0.717, 1.165) is 0 Å². The van der Waals surface area contributed by atoms with Crippen LogP contribution >= 0.6 is 0 Å². The Bertz CT molecular complexity index is 99.3. The second-order valence-electron chi connectivity index (χ2n) is 4.17. The van der Waals surface area contributed by atoms with Gasteiger partial charge in [0, 0.05) is 6.54 Å². The molecular weight excluding hydrogens is 134 g/mol. The summed E-state index contributed by atoms with van der Waals surface area (Å²) in [5.41, 5.74) is 0.691. The summed E-state index contributed by atoms with van der Waals surface area (Å²) in [5, 5.41) is 3.53. The van der Waals surface area contributed by atoms with Gasteiger partial charge in [0.15, 0.2) is 0 Å². The lowest BCUT2D eigenvalue weighted by Crippen LogP contribution is -2.41. The largest absolute Gasteiger partial charge is 0.316 e. The topological polar surface area (TPSA) is 12.0 Å². The van der Waals surface area contributed by atoms with Crippen molar-refractivity contribution >= 4 is 0 Å². The maximum atomic E-state index is 3.53. The third kappa shape index (κ3) is 1.58. The van der Waals surface area contributed by atoms with Crippen molar-refractivity contribution in [3.63, 3.8) is 0 Å². The molecule has 1 saturated heterocycles. The van der Waals surface area contributed by atoms with Gasteiger partial charge in [0.1, 0.15) is 0 Å². The lowest BCUT2D eigenvalue weighted by atomic mass is 9.70. The molecule has 1 atom stereocenters. The van der Waals surface area contributed by atoms with Crippen LogP contribution in [0.1, 0.15) is 38.5 Å². The average Bonchev–Trinajstić information content (AvgIpc) is 2.07. The highest BCUT2D eigenvalue weighted by atomic mass is 14.9. The molecule has 11 heavy (non-hydrogen) atoms. The lowest BCUT2D eigenvalue weighted by Gasteiger charge is -2.40. The number of piperidine rings is 1. The minimum atomic E-state index is 0.691. The molecule has 2 aliphatic rings. The van der Waals surface area contributed by atoms with E-state index >= 15 is 0 Å². The summed E-state index contributed by atoms with van der Waals surface area (Å²) in [6.45, 7) is 2.53. The van der Waals surface area contributed by atoms with Crippen LogP contribution in [0.3, 0.4) is 0 Å². The molecule has 1 aliphatic carbocycles. The van der Waals surface area contributed by atoms with E-state index < -0.39 is 0 Å². The third-order valence-electron chi connectivity index (χ3n) is 3.25. The second-order valence-corrected chi connectivity index (χ2v) is 4.17. The van der Waals surface area contributed by atoms with Crippen LogP contribution < -0.4 is 5.32 Å². The minimum Gasteiger partial charge on any atom is -0.316 e. The van der Waals surface area contributed by atoms with Crippen LogP contribution in [0, 0.1) is 11.8 Å². The van der Waals surface area contributed by atoms with Gasteiger partial charge in [0.05, 0.1) is 0 Å². The molecule has 0 aromatic heterocycles. The van der Waals surface area contributed by atoms with Gasteiger partial charge in [-0.25, -0.2) is 0 Å². The quantitative estimate of drug-likeness (QED) is 0.560. The van der Waals surface area contributed by atoms with E-state index in [2.05, 4.69) is 11.7 Å². The summed E-state index contributed by atoms with van der Waals surface area (Å²) >= 11 is 0. The molecule has 1 saturated carbocycles. The molecule has 1 spiro atoms. The Labute approximate surface area is 69.6 Å². The third-order valence-corrected chi connectivity index (χ3v) is 3.25. The fourth-order valence-electron chi connectivity index (χ4n) is 2.55. The van der Waals surface area contributed by atoms with Crippen LogP contribution in [-0.2, 0) is 0 Å². The Morgan fingerprint density at radius 3 is 2.73 bits per heavy atom. The molecule has 1 heterocycles. The van der Waals surface area contributed by atoms with Crippen molar-refractivity contribution in [3.8, 4) is 0 Å². The summed E-state index contributed by atoms with van der Waals surface area (Å²) in [6.07, 6.45) is 11.0. The lowest BCUT2D eigenvalue weighted by molar-refractivity contribution is 0.165. The zero-order chi connectivity index (χ0) is 7.57. The van der Waals surface area contributed by atoms with Crippen LogP contribution in [-0.4, -0.2) is 13.1 Å². The Balaban J connectivity index is 1.94. The van der Waals surface area contributed by atoms with Crippen molar-refractivity contribution in [1.82, 2.24) is 5.32 Å². The highest BCUT2D eigenvalue weighted by Crippen LogP contribution is 2.40. The molecule has 1 heteroatoms. The van der Waals surface area contributed by atoms with Crippen molar-refractivity contribution in [3.05, 3.63) is 6.42 Å². The van der Waals surface area contributed by atoms with Gasteiger partial charge in [-0.05, 0) is 44.1 Å². The Morgan fingerprint density at radius 2 is 2.09 bits per heavy atom. The van der Waals surface area contributed by atoms with E-state index in [-0.39, 0.29) is 0 Å². The van der Waals surface area contributed by atoms with Crippen molar-refractivity contribution in [2.75, 3.05) is 13.1 Å². The van der Waals surface area contributed by atoms with Crippen LogP contribution in [0.15, 0.2) is 0 Å². The first kappa shape index (κ1) is 7.60. The molecule has 0 aromatic rings. The number of hydrogen-bond donors (Lipinski definition) is 1. The van der Waals surface area contributed by atoms with Gasteiger partial charge in [0.2, 0.25) is 0 Å². The first-order valence-electron chi connectivity index (χ1n) is 4.94. The molecule has 1 N–H and O–H groups in total. The van der Waals surface area contributed by atoms with Crippen LogP contribution in [0.2, 0.25) is 0 Å². The molecule has 0 aromatic carbocycles. The van der Waals surface area contributed by atoms with E-state index in [4.69, 9.17) is 0 Å². The van der Waals surface area contributed by atoms with E-state index in [1.807, 2.05) is 0 Å². The smallest absolute Gasteiger partial charge is 0.000792 e. The molecule has 1 nitrogen and oxygen atoms in total. The zero-order valence-corrected chi connectivity index (χ0v) is 7.23. The highest BCUT2D eigenvalue weighted by Gasteiger charge is 2.32. The summed E-state index contributed by atoms with van der Waals surface area (Å²) in [4.78, 5) is 0. The average molecular weight is 152 g/mol. The summed E-state index contributed by atoms with van der Waals surface area (Å²) in [6, 6.07) is 0. The Hall–Kier alpha value is -0.0400. The fraction of sp³-hybridized carbons (Fsp3) is 0.900. The van der Waals surface area contributed by atoms with Gasteiger partial charge in [-0.15, -0.1) is 0 Å². The molecule has 1 aliphatic heterocycles. The van der Waals surface area contributed by atoms with Crippen molar-refractivity contribution in [2.24, 2.45) is 5.41 Å². The van der Waals surface area contributed by atoms with E-state index in [1.54, 1.807) is 0 Å². The molecule has 0 amide bonds. The van der Waals surface area contributed by atoms with Gasteiger partial charge in [-0.2, -0.15) is 0 Å². The molecule has 2 fully saturated rings. The highest BCUT2D eigenvalue weighted by molar-refractivity contribution is 4.93. The number of nitrogens with one attached hydrogen (secondary N) is 1. The number of rotatable bonds is 0. The van der Waals surface area contributed by atoms with E-state index in [1.165, 1.54) is 51.6 Å². The predicted molar refractivity (Wildman–Crippen MR) is 47.3 cm³/mol. The maximum absolute atomic E-state index is 3.53. The standard InChI is InChI=1S/C10H18N/c1-2-5-10(6-3-1)7-4-8-11-9-10/h2,11H,1,3-9H2. The molecule has 2 rings (SSSR count). The summed E-state index contributed by atoms with van der Waals surface area (Å²) < 4.78 is 0. The van der Waals surface area contributed by atoms with Crippen molar-refractivity contribution in [1.29, 1.82) is 0 Å². The van der Waals surface area contributed by atoms with E-state index in [9.17, 15) is 0 Å². The van der Waals surface area contributed by atoms with Crippen LogP contribution in [0.4, 0.5) is 0 Å². The normalized spacial score (nSPS) is 30.5. The fourth-order valence-corrected chi connectivity index (χ4v) is 2.55. The molecule has 0 bridgehead atoms. The molecule has 1 radical (unpaired) electrons. The first-order chi connectivity index (χ1) is 5.41. The minimum absolute atomic E-state index is 0.691. The molecule has 63 valence electrons. The second kappa shape index (κ2) is 3.14.